The third-order valence-corrected chi connectivity index (χ3v) is 2.86. The van der Waals surface area contributed by atoms with Crippen LogP contribution in [0.1, 0.15) is 25.8 Å². The first-order valence-electron chi connectivity index (χ1n) is 6.89. The van der Waals surface area contributed by atoms with Gasteiger partial charge >= 0.3 is 0 Å². The number of pyridine rings is 1. The average Bonchev–Trinajstić information content (AvgIpc) is 2.48. The minimum Gasteiger partial charge on any atom is -0.476 e. The molecule has 2 aromatic rings. The van der Waals surface area contributed by atoms with Gasteiger partial charge in [-0.15, -0.1) is 0 Å². The predicted molar refractivity (Wildman–Crippen MR) is 80.3 cm³/mol. The van der Waals surface area contributed by atoms with E-state index in [0.29, 0.717) is 24.1 Å². The van der Waals surface area contributed by atoms with Gasteiger partial charge in [-0.3, -0.25) is 0 Å². The van der Waals surface area contributed by atoms with Crippen LogP contribution in [0.25, 0.3) is 0 Å². The molecule has 4 heteroatoms. The highest BCUT2D eigenvalue weighted by molar-refractivity contribution is 5.49. The monoisotopic (exact) mass is 272 g/mol. The molecule has 2 rings (SSSR count). The molecule has 20 heavy (non-hydrogen) atoms. The lowest BCUT2D eigenvalue weighted by molar-refractivity contribution is 0.302. The SMILES string of the molecule is CCCOc1nc(Oc2ccc(CC)cc2)ccc1N. The number of aromatic nitrogens is 1. The Kier molecular flexibility index (Phi) is 4.82. The van der Waals surface area contributed by atoms with Crippen molar-refractivity contribution in [2.24, 2.45) is 0 Å². The van der Waals surface area contributed by atoms with E-state index in [1.165, 1.54) is 5.56 Å². The maximum atomic E-state index is 5.82. The molecule has 0 saturated heterocycles. The van der Waals surface area contributed by atoms with Gasteiger partial charge in [-0.2, -0.15) is 4.98 Å². The van der Waals surface area contributed by atoms with E-state index in [4.69, 9.17) is 15.2 Å². The fraction of sp³-hybridized carbons (Fsp3) is 0.312. The van der Waals surface area contributed by atoms with Crippen molar-refractivity contribution < 1.29 is 9.47 Å². The molecule has 0 aliphatic rings. The van der Waals surface area contributed by atoms with E-state index in [1.807, 2.05) is 31.2 Å². The molecule has 106 valence electrons. The zero-order chi connectivity index (χ0) is 14.4. The van der Waals surface area contributed by atoms with Crippen LogP contribution in [0.15, 0.2) is 36.4 Å². The van der Waals surface area contributed by atoms with Gasteiger partial charge in [0.15, 0.2) is 0 Å². The van der Waals surface area contributed by atoms with Crippen LogP contribution in [0.2, 0.25) is 0 Å². The van der Waals surface area contributed by atoms with Gasteiger partial charge in [-0.1, -0.05) is 26.0 Å². The summed E-state index contributed by atoms with van der Waals surface area (Å²) in [5.74, 6) is 1.66. The van der Waals surface area contributed by atoms with Crippen LogP contribution in [-0.4, -0.2) is 11.6 Å². The maximum absolute atomic E-state index is 5.82. The molecule has 0 fully saturated rings. The minimum absolute atomic E-state index is 0.425. The first kappa shape index (κ1) is 14.2. The summed E-state index contributed by atoms with van der Waals surface area (Å²) in [6.45, 7) is 4.74. The fourth-order valence-electron chi connectivity index (χ4n) is 1.72. The molecule has 0 spiro atoms. The minimum atomic E-state index is 0.425. The smallest absolute Gasteiger partial charge is 0.240 e. The molecular weight excluding hydrogens is 252 g/mol. The number of anilines is 1. The Hall–Kier alpha value is -2.23. The van der Waals surface area contributed by atoms with Gasteiger partial charge in [-0.25, -0.2) is 0 Å². The first-order valence-corrected chi connectivity index (χ1v) is 6.89. The third-order valence-electron chi connectivity index (χ3n) is 2.86. The van der Waals surface area contributed by atoms with Gasteiger partial charge in [0.25, 0.3) is 0 Å². The standard InChI is InChI=1S/C16H20N2O2/c1-3-11-19-16-14(17)9-10-15(18-16)20-13-7-5-12(4-2)6-8-13/h5-10H,3-4,11,17H2,1-2H3. The Labute approximate surface area is 119 Å². The van der Waals surface area contributed by atoms with Gasteiger partial charge in [0.05, 0.1) is 12.3 Å². The third kappa shape index (κ3) is 3.63. The van der Waals surface area contributed by atoms with Crippen molar-refractivity contribution in [1.82, 2.24) is 4.98 Å². The van der Waals surface area contributed by atoms with Crippen LogP contribution in [-0.2, 0) is 6.42 Å². The van der Waals surface area contributed by atoms with Gasteiger partial charge in [0.2, 0.25) is 11.8 Å². The van der Waals surface area contributed by atoms with Gasteiger partial charge < -0.3 is 15.2 Å². The molecule has 1 aromatic heterocycles. The van der Waals surface area contributed by atoms with Crippen LogP contribution in [0.5, 0.6) is 17.5 Å². The quantitative estimate of drug-likeness (QED) is 0.868. The summed E-state index contributed by atoms with van der Waals surface area (Å²) in [7, 11) is 0. The number of nitrogens with two attached hydrogens (primary N) is 1. The van der Waals surface area contributed by atoms with Crippen molar-refractivity contribution in [3.8, 4) is 17.5 Å². The van der Waals surface area contributed by atoms with Crippen molar-refractivity contribution >= 4 is 5.69 Å². The highest BCUT2D eigenvalue weighted by Crippen LogP contribution is 2.26. The van der Waals surface area contributed by atoms with Crippen LogP contribution in [0.3, 0.4) is 0 Å². The molecule has 4 nitrogen and oxygen atoms in total. The number of ether oxygens (including phenoxy) is 2. The Morgan fingerprint density at radius 1 is 1.05 bits per heavy atom. The van der Waals surface area contributed by atoms with E-state index in [1.54, 1.807) is 12.1 Å². The molecule has 1 heterocycles. The number of hydrogen-bond donors (Lipinski definition) is 1. The van der Waals surface area contributed by atoms with Crippen LogP contribution < -0.4 is 15.2 Å². The van der Waals surface area contributed by atoms with Crippen molar-refractivity contribution in [2.75, 3.05) is 12.3 Å². The summed E-state index contributed by atoms with van der Waals surface area (Å²) in [5.41, 5.74) is 7.61. The summed E-state index contributed by atoms with van der Waals surface area (Å²) >= 11 is 0. The molecule has 0 bridgehead atoms. The Bertz CT molecular complexity index is 553. The normalized spacial score (nSPS) is 10.3. The number of nitrogens with zero attached hydrogens (tertiary/aromatic N) is 1. The van der Waals surface area contributed by atoms with Gasteiger partial charge in [0.1, 0.15) is 5.75 Å². The average molecular weight is 272 g/mol. The number of aryl methyl sites for hydroxylation is 1. The largest absolute Gasteiger partial charge is 0.476 e. The zero-order valence-electron chi connectivity index (χ0n) is 11.9. The molecule has 0 aliphatic carbocycles. The van der Waals surface area contributed by atoms with E-state index in [9.17, 15) is 0 Å². The molecule has 0 unspecified atom stereocenters. The van der Waals surface area contributed by atoms with E-state index < -0.39 is 0 Å². The highest BCUT2D eigenvalue weighted by Gasteiger charge is 2.06. The predicted octanol–water partition coefficient (Wildman–Crippen LogP) is 3.81. The second-order valence-electron chi connectivity index (χ2n) is 4.49. The van der Waals surface area contributed by atoms with E-state index in [-0.39, 0.29) is 0 Å². The number of rotatable bonds is 6. The van der Waals surface area contributed by atoms with Crippen molar-refractivity contribution in [3.05, 3.63) is 42.0 Å². The molecular formula is C16H20N2O2. The summed E-state index contributed by atoms with van der Waals surface area (Å²) in [4.78, 5) is 4.28. The van der Waals surface area contributed by atoms with E-state index in [2.05, 4.69) is 11.9 Å². The Morgan fingerprint density at radius 3 is 2.45 bits per heavy atom. The molecule has 2 N–H and O–H groups in total. The highest BCUT2D eigenvalue weighted by atomic mass is 16.5. The van der Waals surface area contributed by atoms with E-state index >= 15 is 0 Å². The fourth-order valence-corrected chi connectivity index (χ4v) is 1.72. The number of benzene rings is 1. The van der Waals surface area contributed by atoms with Crippen LogP contribution in [0.4, 0.5) is 5.69 Å². The lowest BCUT2D eigenvalue weighted by Gasteiger charge is -2.10. The molecule has 1 aromatic carbocycles. The first-order chi connectivity index (χ1) is 9.72. The van der Waals surface area contributed by atoms with Crippen molar-refractivity contribution in [1.29, 1.82) is 0 Å². The molecule has 0 atom stereocenters. The number of hydrogen-bond acceptors (Lipinski definition) is 4. The summed E-state index contributed by atoms with van der Waals surface area (Å²) in [6, 6.07) is 11.4. The molecule has 0 radical (unpaired) electrons. The van der Waals surface area contributed by atoms with Gasteiger partial charge in [-0.05, 0) is 36.6 Å². The van der Waals surface area contributed by atoms with Crippen LogP contribution >= 0.6 is 0 Å². The zero-order valence-corrected chi connectivity index (χ0v) is 11.9. The summed E-state index contributed by atoms with van der Waals surface area (Å²) in [5, 5.41) is 0. The molecule has 0 saturated carbocycles. The number of nitrogen functional groups attached to an aromatic ring is 1. The van der Waals surface area contributed by atoms with Crippen LogP contribution in [0, 0.1) is 0 Å². The summed E-state index contributed by atoms with van der Waals surface area (Å²) in [6.07, 6.45) is 1.92. The van der Waals surface area contributed by atoms with Crippen molar-refractivity contribution in [3.63, 3.8) is 0 Å². The molecule has 0 aliphatic heterocycles. The Balaban J connectivity index is 2.11. The summed E-state index contributed by atoms with van der Waals surface area (Å²) < 4.78 is 11.2. The second-order valence-corrected chi connectivity index (χ2v) is 4.49. The lowest BCUT2D eigenvalue weighted by atomic mass is 10.2. The Morgan fingerprint density at radius 2 is 1.80 bits per heavy atom. The lowest BCUT2D eigenvalue weighted by Crippen LogP contribution is -2.02. The van der Waals surface area contributed by atoms with Gasteiger partial charge in [0, 0.05) is 6.07 Å². The maximum Gasteiger partial charge on any atom is 0.240 e. The van der Waals surface area contributed by atoms with E-state index in [0.717, 1.165) is 18.6 Å². The topological polar surface area (TPSA) is 57.4 Å². The second kappa shape index (κ2) is 6.80. The van der Waals surface area contributed by atoms with Crippen molar-refractivity contribution in [2.45, 2.75) is 26.7 Å². The molecule has 0 amide bonds.